The Labute approximate surface area is 144 Å². The number of hydrogen-bond donors (Lipinski definition) is 1. The third-order valence-corrected chi connectivity index (χ3v) is 5.13. The Hall–Kier alpha value is -1.69. The van der Waals surface area contributed by atoms with E-state index in [0.29, 0.717) is 12.3 Å². The molecule has 0 radical (unpaired) electrons. The van der Waals surface area contributed by atoms with Crippen molar-refractivity contribution in [2.45, 2.75) is 44.9 Å². The van der Waals surface area contributed by atoms with Crippen molar-refractivity contribution in [2.24, 2.45) is 0 Å². The van der Waals surface area contributed by atoms with E-state index in [2.05, 4.69) is 26.2 Å². The lowest BCUT2D eigenvalue weighted by Gasteiger charge is -2.32. The maximum Gasteiger partial charge on any atom is 0.221 e. The molecule has 1 aromatic rings. The predicted octanol–water partition coefficient (Wildman–Crippen LogP) is 1.70. The summed E-state index contributed by atoms with van der Waals surface area (Å²) in [6.45, 7) is 7.12. The van der Waals surface area contributed by atoms with Gasteiger partial charge in [-0.15, -0.1) is 0 Å². The second kappa shape index (κ2) is 7.92. The molecule has 6 heteroatoms. The summed E-state index contributed by atoms with van der Waals surface area (Å²) in [7, 11) is 1.70. The first-order chi connectivity index (χ1) is 11.7. The van der Waals surface area contributed by atoms with Gasteiger partial charge < -0.3 is 15.1 Å². The van der Waals surface area contributed by atoms with Crippen LogP contribution in [0.1, 0.15) is 49.5 Å². The van der Waals surface area contributed by atoms with E-state index in [-0.39, 0.29) is 5.91 Å². The smallest absolute Gasteiger partial charge is 0.221 e. The summed E-state index contributed by atoms with van der Waals surface area (Å²) >= 11 is 0. The van der Waals surface area contributed by atoms with Crippen molar-refractivity contribution in [2.75, 3.05) is 44.7 Å². The van der Waals surface area contributed by atoms with Crippen LogP contribution in [0.2, 0.25) is 0 Å². The van der Waals surface area contributed by atoms with Crippen molar-refractivity contribution in [3.8, 4) is 0 Å². The quantitative estimate of drug-likeness (QED) is 0.890. The van der Waals surface area contributed by atoms with E-state index >= 15 is 0 Å². The largest absolute Gasteiger partial charge is 0.359 e. The molecule has 0 spiro atoms. The molecule has 0 saturated carbocycles. The molecule has 0 bridgehead atoms. The Balaban J connectivity index is 1.67. The lowest BCUT2D eigenvalue weighted by molar-refractivity contribution is -0.121. The molecule has 6 nitrogen and oxygen atoms in total. The fraction of sp³-hybridized carbons (Fsp3) is 0.722. The Morgan fingerprint density at radius 3 is 2.79 bits per heavy atom. The first-order valence-electron chi connectivity index (χ1n) is 9.19. The van der Waals surface area contributed by atoms with Gasteiger partial charge in [0.1, 0.15) is 11.6 Å². The molecule has 0 aromatic carbocycles. The first-order valence-corrected chi connectivity index (χ1v) is 9.19. The minimum Gasteiger partial charge on any atom is -0.359 e. The summed E-state index contributed by atoms with van der Waals surface area (Å²) in [5.41, 5.74) is 1.18. The maximum absolute atomic E-state index is 11.5. The molecule has 0 unspecified atom stereocenters. The Kier molecular flexibility index (Phi) is 5.66. The number of aromatic nitrogens is 2. The predicted molar refractivity (Wildman–Crippen MR) is 95.3 cm³/mol. The van der Waals surface area contributed by atoms with E-state index in [1.807, 2.05) is 6.92 Å². The molecule has 2 saturated heterocycles. The van der Waals surface area contributed by atoms with Gasteiger partial charge in [0.2, 0.25) is 5.91 Å². The zero-order valence-electron chi connectivity index (χ0n) is 14.9. The van der Waals surface area contributed by atoms with E-state index in [0.717, 1.165) is 44.4 Å². The van der Waals surface area contributed by atoms with Gasteiger partial charge in [-0.3, -0.25) is 4.79 Å². The summed E-state index contributed by atoms with van der Waals surface area (Å²) < 4.78 is 0. The summed E-state index contributed by atoms with van der Waals surface area (Å²) in [6, 6.07) is 2.20. The average molecular weight is 331 g/mol. The highest BCUT2D eigenvalue weighted by atomic mass is 16.1. The standard InChI is InChI=1S/C18H29N5O/c1-14-20-16(12-17(21-14)23-9-3-4-10-23)15-6-5-8-22(13-15)11-7-18(24)19-2/h12,15H,3-11,13H2,1-2H3,(H,19,24)/t15-/m0/s1. The van der Waals surface area contributed by atoms with Gasteiger partial charge in [-0.05, 0) is 39.2 Å². The second-order valence-corrected chi connectivity index (χ2v) is 6.96. The lowest BCUT2D eigenvalue weighted by Crippen LogP contribution is -2.37. The van der Waals surface area contributed by atoms with Crippen LogP contribution in [0.4, 0.5) is 5.82 Å². The minimum absolute atomic E-state index is 0.117. The SMILES string of the molecule is CNC(=O)CCN1CCC[C@H](c2cc(N3CCCC3)nc(C)n2)C1. The van der Waals surface area contributed by atoms with E-state index in [1.165, 1.54) is 31.4 Å². The monoisotopic (exact) mass is 331 g/mol. The number of carbonyl (C=O) groups is 1. The first kappa shape index (κ1) is 17.1. The van der Waals surface area contributed by atoms with Crippen LogP contribution >= 0.6 is 0 Å². The van der Waals surface area contributed by atoms with Crippen LogP contribution in [0.15, 0.2) is 6.07 Å². The molecule has 24 heavy (non-hydrogen) atoms. The van der Waals surface area contributed by atoms with E-state index < -0.39 is 0 Å². The topological polar surface area (TPSA) is 61.4 Å². The van der Waals surface area contributed by atoms with Gasteiger partial charge in [0.15, 0.2) is 0 Å². The van der Waals surface area contributed by atoms with Gasteiger partial charge in [0.25, 0.3) is 0 Å². The molecule has 3 heterocycles. The van der Waals surface area contributed by atoms with Crippen molar-refractivity contribution >= 4 is 11.7 Å². The summed E-state index contributed by atoms with van der Waals surface area (Å²) in [6.07, 6.45) is 5.43. The highest BCUT2D eigenvalue weighted by molar-refractivity contribution is 5.75. The molecule has 1 atom stereocenters. The van der Waals surface area contributed by atoms with Crippen LogP contribution in [0.5, 0.6) is 0 Å². The number of rotatable bonds is 5. The van der Waals surface area contributed by atoms with Gasteiger partial charge in [-0.25, -0.2) is 9.97 Å². The number of amides is 1. The van der Waals surface area contributed by atoms with Crippen LogP contribution in [0, 0.1) is 6.92 Å². The zero-order chi connectivity index (χ0) is 16.9. The third-order valence-electron chi connectivity index (χ3n) is 5.13. The number of piperidine rings is 1. The average Bonchev–Trinajstić information content (AvgIpc) is 3.14. The third kappa shape index (κ3) is 4.23. The van der Waals surface area contributed by atoms with Crippen molar-refractivity contribution in [1.29, 1.82) is 0 Å². The zero-order valence-corrected chi connectivity index (χ0v) is 14.9. The Bertz CT molecular complexity index is 571. The highest BCUT2D eigenvalue weighted by Crippen LogP contribution is 2.28. The second-order valence-electron chi connectivity index (χ2n) is 6.96. The number of hydrogen-bond acceptors (Lipinski definition) is 5. The van der Waals surface area contributed by atoms with Gasteiger partial charge in [-0.2, -0.15) is 0 Å². The van der Waals surface area contributed by atoms with Crippen LogP contribution in [-0.2, 0) is 4.79 Å². The number of nitrogens with zero attached hydrogens (tertiary/aromatic N) is 4. The molecule has 1 N–H and O–H groups in total. The summed E-state index contributed by atoms with van der Waals surface area (Å²) in [4.78, 5) is 25.6. The fourth-order valence-corrected chi connectivity index (χ4v) is 3.78. The molecule has 3 rings (SSSR count). The molecule has 2 aliphatic heterocycles. The normalized spacial score (nSPS) is 21.9. The number of nitrogens with one attached hydrogen (secondary N) is 1. The van der Waals surface area contributed by atoms with Crippen molar-refractivity contribution in [3.05, 3.63) is 17.6 Å². The molecule has 0 aliphatic carbocycles. The lowest BCUT2D eigenvalue weighted by atomic mass is 9.94. The molecular formula is C18H29N5O. The van der Waals surface area contributed by atoms with Crippen molar-refractivity contribution < 1.29 is 4.79 Å². The van der Waals surface area contributed by atoms with Gasteiger partial charge in [-0.1, -0.05) is 0 Å². The Morgan fingerprint density at radius 2 is 2.04 bits per heavy atom. The molecule has 132 valence electrons. The number of carbonyl (C=O) groups excluding carboxylic acids is 1. The number of likely N-dealkylation sites (tertiary alicyclic amines) is 1. The van der Waals surface area contributed by atoms with E-state index in [1.54, 1.807) is 7.05 Å². The molecule has 2 aliphatic rings. The fourth-order valence-electron chi connectivity index (χ4n) is 3.78. The van der Waals surface area contributed by atoms with Gasteiger partial charge in [0.05, 0.1) is 5.69 Å². The van der Waals surface area contributed by atoms with Gasteiger partial charge in [0, 0.05) is 51.6 Å². The Morgan fingerprint density at radius 1 is 1.25 bits per heavy atom. The molecular weight excluding hydrogens is 302 g/mol. The van der Waals surface area contributed by atoms with Crippen LogP contribution in [0.25, 0.3) is 0 Å². The highest BCUT2D eigenvalue weighted by Gasteiger charge is 2.24. The van der Waals surface area contributed by atoms with E-state index in [4.69, 9.17) is 4.98 Å². The van der Waals surface area contributed by atoms with Crippen molar-refractivity contribution in [1.82, 2.24) is 20.2 Å². The molecule has 1 aromatic heterocycles. The summed E-state index contributed by atoms with van der Waals surface area (Å²) in [5.74, 6) is 2.53. The minimum atomic E-state index is 0.117. The maximum atomic E-state index is 11.5. The van der Waals surface area contributed by atoms with Crippen LogP contribution in [0.3, 0.4) is 0 Å². The summed E-state index contributed by atoms with van der Waals surface area (Å²) in [5, 5.41) is 2.70. The van der Waals surface area contributed by atoms with Gasteiger partial charge >= 0.3 is 0 Å². The van der Waals surface area contributed by atoms with Crippen molar-refractivity contribution in [3.63, 3.8) is 0 Å². The van der Waals surface area contributed by atoms with Crippen LogP contribution < -0.4 is 10.2 Å². The molecule has 1 amide bonds. The number of aryl methyl sites for hydroxylation is 1. The van der Waals surface area contributed by atoms with Crippen LogP contribution in [-0.4, -0.2) is 60.5 Å². The molecule has 2 fully saturated rings. The number of anilines is 1. The van der Waals surface area contributed by atoms with E-state index in [9.17, 15) is 4.79 Å².